The third kappa shape index (κ3) is 5.67. The van der Waals surface area contributed by atoms with Gasteiger partial charge in [-0.2, -0.15) is 0 Å². The number of sulfonamides is 1. The molecule has 0 saturated heterocycles. The highest BCUT2D eigenvalue weighted by Crippen LogP contribution is 2.38. The number of nitrogens with zero attached hydrogens (tertiary/aromatic N) is 5. The zero-order chi connectivity index (χ0) is 28.6. The topological polar surface area (TPSA) is 108 Å². The summed E-state index contributed by atoms with van der Waals surface area (Å²) < 4.78 is 41.4. The second-order valence-electron chi connectivity index (χ2n) is 9.68. The summed E-state index contributed by atoms with van der Waals surface area (Å²) in [6.45, 7) is 0.484. The zero-order valence-corrected chi connectivity index (χ0v) is 23.5. The summed E-state index contributed by atoms with van der Waals surface area (Å²) in [7, 11) is -0.128. The normalized spacial score (nSPS) is 15.4. The third-order valence-electron chi connectivity index (χ3n) is 6.49. The maximum absolute atomic E-state index is 15.5. The molecule has 1 aromatic heterocycles. The van der Waals surface area contributed by atoms with Crippen molar-refractivity contribution in [3.63, 3.8) is 0 Å². The van der Waals surface area contributed by atoms with Crippen molar-refractivity contribution in [3.05, 3.63) is 89.0 Å². The molecular formula is C28H26ClFN6O3S. The van der Waals surface area contributed by atoms with Gasteiger partial charge in [0.1, 0.15) is 11.7 Å². The molecule has 1 N–H and O–H groups in total. The molecule has 40 heavy (non-hydrogen) atoms. The Balaban J connectivity index is 1.63. The van der Waals surface area contributed by atoms with Gasteiger partial charge in [0, 0.05) is 42.3 Å². The Labute approximate surface area is 236 Å². The van der Waals surface area contributed by atoms with Crippen molar-refractivity contribution in [2.45, 2.75) is 5.92 Å². The lowest BCUT2D eigenvalue weighted by Crippen LogP contribution is -2.36. The Kier molecular flexibility index (Phi) is 7.54. The number of aromatic nitrogens is 2. The molecule has 9 nitrogen and oxygen atoms in total. The minimum atomic E-state index is -3.74. The van der Waals surface area contributed by atoms with Gasteiger partial charge in [0.25, 0.3) is 0 Å². The number of aliphatic imine (C=N–C) groups is 1. The van der Waals surface area contributed by atoms with E-state index < -0.39 is 21.8 Å². The predicted octanol–water partition coefficient (Wildman–Crippen LogP) is 4.61. The number of hydrogen-bond acceptors (Lipinski definition) is 7. The quantitative estimate of drug-likeness (QED) is 0.305. The molecule has 4 aromatic rings. The average Bonchev–Trinajstić information content (AvgIpc) is 3.21. The van der Waals surface area contributed by atoms with E-state index in [1.165, 1.54) is 18.2 Å². The summed E-state index contributed by atoms with van der Waals surface area (Å²) in [4.78, 5) is 28.5. The van der Waals surface area contributed by atoms with E-state index in [1.54, 1.807) is 62.9 Å². The molecule has 206 valence electrons. The van der Waals surface area contributed by atoms with E-state index in [0.717, 1.165) is 10.6 Å². The first-order valence-corrected chi connectivity index (χ1v) is 14.6. The first-order valence-electron chi connectivity index (χ1n) is 12.3. The molecule has 1 aliphatic heterocycles. The molecule has 12 heteroatoms. The summed E-state index contributed by atoms with van der Waals surface area (Å²) in [6.07, 6.45) is 4.20. The molecule has 0 bridgehead atoms. The van der Waals surface area contributed by atoms with Crippen molar-refractivity contribution >= 4 is 61.3 Å². The van der Waals surface area contributed by atoms with Gasteiger partial charge in [0.2, 0.25) is 15.9 Å². The number of fused-ring (bicyclic) bond motifs is 2. The molecule has 1 atom stereocenters. The van der Waals surface area contributed by atoms with Crippen LogP contribution in [0.15, 0.2) is 72.0 Å². The van der Waals surface area contributed by atoms with Crippen molar-refractivity contribution in [3.8, 4) is 0 Å². The van der Waals surface area contributed by atoms with Crippen LogP contribution in [0.5, 0.6) is 0 Å². The monoisotopic (exact) mass is 580 g/mol. The molecule has 2 heterocycles. The number of rotatable bonds is 8. The molecule has 1 amide bonds. The highest BCUT2D eigenvalue weighted by atomic mass is 35.5. The summed E-state index contributed by atoms with van der Waals surface area (Å²) >= 11 is 6.15. The molecule has 0 fully saturated rings. The average molecular weight is 581 g/mol. The number of carbonyl (C=O) groups is 1. The Morgan fingerprint density at radius 3 is 2.48 bits per heavy atom. The Bertz CT molecular complexity index is 1760. The van der Waals surface area contributed by atoms with E-state index in [4.69, 9.17) is 16.6 Å². The number of halogens is 2. The molecule has 0 spiro atoms. The first kappa shape index (κ1) is 27.6. The van der Waals surface area contributed by atoms with Crippen molar-refractivity contribution < 1.29 is 17.6 Å². The van der Waals surface area contributed by atoms with Crippen molar-refractivity contribution in [1.82, 2.24) is 14.9 Å². The maximum Gasteiger partial charge on any atom is 0.238 e. The van der Waals surface area contributed by atoms with E-state index in [-0.39, 0.29) is 23.8 Å². The minimum Gasteiger partial charge on any atom is -0.325 e. The Hall–Kier alpha value is -3.93. The van der Waals surface area contributed by atoms with E-state index in [2.05, 4.69) is 15.3 Å². The van der Waals surface area contributed by atoms with Crippen LogP contribution in [0.4, 0.5) is 21.5 Å². The van der Waals surface area contributed by atoms with Crippen LogP contribution in [0, 0.1) is 5.82 Å². The van der Waals surface area contributed by atoms with Gasteiger partial charge in [-0.15, -0.1) is 0 Å². The number of nitrogens with one attached hydrogen (secondary N) is 1. The summed E-state index contributed by atoms with van der Waals surface area (Å²) in [5, 5.41) is 3.33. The van der Waals surface area contributed by atoms with Crippen LogP contribution in [0.2, 0.25) is 5.02 Å². The molecule has 0 aliphatic carbocycles. The lowest BCUT2D eigenvalue weighted by molar-refractivity contribution is -0.115. The SMILES string of the molecule is CN(C)CCN(c1ccc(N=C(c2ccc3nccnc3c2)C2C(=O)Nc3cc(Cl)ccc32)cc1F)S(C)(=O)=O. The third-order valence-corrected chi connectivity index (χ3v) is 7.90. The van der Waals surface area contributed by atoms with Gasteiger partial charge in [-0.3, -0.25) is 24.1 Å². The fourth-order valence-electron chi connectivity index (χ4n) is 4.59. The number of benzene rings is 3. The lowest BCUT2D eigenvalue weighted by Gasteiger charge is -2.24. The van der Waals surface area contributed by atoms with Gasteiger partial charge < -0.3 is 10.2 Å². The van der Waals surface area contributed by atoms with Crippen LogP contribution >= 0.6 is 11.6 Å². The largest absolute Gasteiger partial charge is 0.325 e. The maximum atomic E-state index is 15.5. The number of anilines is 2. The molecular weight excluding hydrogens is 555 g/mol. The van der Waals surface area contributed by atoms with E-state index in [9.17, 15) is 13.2 Å². The van der Waals surface area contributed by atoms with E-state index in [0.29, 0.717) is 45.1 Å². The van der Waals surface area contributed by atoms with Crippen LogP contribution in [-0.4, -0.2) is 68.3 Å². The fraction of sp³-hybridized carbons (Fsp3) is 0.214. The molecule has 1 unspecified atom stereocenters. The number of hydrogen-bond donors (Lipinski definition) is 1. The number of amides is 1. The van der Waals surface area contributed by atoms with Crippen LogP contribution in [-0.2, 0) is 14.8 Å². The van der Waals surface area contributed by atoms with Gasteiger partial charge >= 0.3 is 0 Å². The van der Waals surface area contributed by atoms with Crippen LogP contribution in [0.25, 0.3) is 11.0 Å². The fourth-order valence-corrected chi connectivity index (χ4v) is 5.68. The second kappa shape index (κ2) is 10.9. The first-order chi connectivity index (χ1) is 19.0. The number of carbonyl (C=O) groups excluding carboxylic acids is 1. The van der Waals surface area contributed by atoms with Gasteiger partial charge in [0.05, 0.1) is 34.4 Å². The molecule has 1 aliphatic rings. The van der Waals surface area contributed by atoms with Gasteiger partial charge in [-0.05, 0) is 61.6 Å². The predicted molar refractivity (Wildman–Crippen MR) is 156 cm³/mol. The van der Waals surface area contributed by atoms with Crippen molar-refractivity contribution in [1.29, 1.82) is 0 Å². The van der Waals surface area contributed by atoms with Gasteiger partial charge in [0.15, 0.2) is 0 Å². The summed E-state index contributed by atoms with van der Waals surface area (Å²) in [5.41, 5.74) is 3.63. The summed E-state index contributed by atoms with van der Waals surface area (Å²) in [5.74, 6) is -1.87. The highest BCUT2D eigenvalue weighted by molar-refractivity contribution is 7.92. The smallest absolute Gasteiger partial charge is 0.238 e. The Morgan fingerprint density at radius 1 is 1.02 bits per heavy atom. The minimum absolute atomic E-state index is 0.0792. The van der Waals surface area contributed by atoms with E-state index >= 15 is 4.39 Å². The van der Waals surface area contributed by atoms with Crippen LogP contribution in [0.3, 0.4) is 0 Å². The lowest BCUT2D eigenvalue weighted by atomic mass is 9.90. The zero-order valence-electron chi connectivity index (χ0n) is 22.0. The second-order valence-corrected chi connectivity index (χ2v) is 12.0. The van der Waals surface area contributed by atoms with E-state index in [1.807, 2.05) is 4.90 Å². The summed E-state index contributed by atoms with van der Waals surface area (Å²) in [6, 6.07) is 14.5. The van der Waals surface area contributed by atoms with Crippen LogP contribution < -0.4 is 9.62 Å². The van der Waals surface area contributed by atoms with Crippen molar-refractivity contribution in [2.24, 2.45) is 4.99 Å². The number of likely N-dealkylation sites (N-methyl/N-ethyl adjacent to an activating group) is 1. The van der Waals surface area contributed by atoms with Gasteiger partial charge in [-0.1, -0.05) is 23.7 Å². The van der Waals surface area contributed by atoms with Crippen LogP contribution in [0.1, 0.15) is 17.0 Å². The molecule has 5 rings (SSSR count). The standard InChI is InChI=1S/C28H26ClFN6O3S/c1-35(2)12-13-36(40(3,38)39)25-9-6-19(16-21(25)30)33-27(17-4-8-22-24(14-17)32-11-10-31-22)26-20-7-5-18(29)15-23(20)34-28(26)37/h4-11,14-16,26H,12-13H2,1-3H3,(H,34,37). The highest BCUT2D eigenvalue weighted by Gasteiger charge is 2.36. The molecule has 0 radical (unpaired) electrons. The Morgan fingerprint density at radius 2 is 1.77 bits per heavy atom. The van der Waals surface area contributed by atoms with Gasteiger partial charge in [-0.25, -0.2) is 12.8 Å². The van der Waals surface area contributed by atoms with Crippen molar-refractivity contribution in [2.75, 3.05) is 43.1 Å². The molecule has 0 saturated carbocycles. The molecule has 3 aromatic carbocycles.